The minimum Gasteiger partial charge on any atom is -0.382 e. The van der Waals surface area contributed by atoms with Gasteiger partial charge >= 0.3 is 0 Å². The Morgan fingerprint density at radius 2 is 2.07 bits per heavy atom. The van der Waals surface area contributed by atoms with Crippen molar-refractivity contribution in [1.82, 2.24) is 5.32 Å². The summed E-state index contributed by atoms with van der Waals surface area (Å²) in [4.78, 5) is 0. The second-order valence-corrected chi connectivity index (χ2v) is 5.04. The third-order valence-corrected chi connectivity index (χ3v) is 3.38. The summed E-state index contributed by atoms with van der Waals surface area (Å²) in [6.45, 7) is 4.41. The van der Waals surface area contributed by atoms with E-state index in [1.807, 2.05) is 0 Å². The SMILES string of the molecule is Cc1cc(Br)ccc1NC1CCNCC1. The summed E-state index contributed by atoms with van der Waals surface area (Å²) < 4.78 is 1.15. The third-order valence-electron chi connectivity index (χ3n) is 2.89. The summed E-state index contributed by atoms with van der Waals surface area (Å²) in [6.07, 6.45) is 2.44. The van der Waals surface area contributed by atoms with Crippen molar-refractivity contribution in [3.05, 3.63) is 28.2 Å². The first-order valence-electron chi connectivity index (χ1n) is 5.49. The van der Waals surface area contributed by atoms with Crippen LogP contribution in [0.15, 0.2) is 22.7 Å². The van der Waals surface area contributed by atoms with Gasteiger partial charge in [0.2, 0.25) is 0 Å². The van der Waals surface area contributed by atoms with Crippen LogP contribution < -0.4 is 10.6 Å². The Morgan fingerprint density at radius 1 is 1.33 bits per heavy atom. The predicted octanol–water partition coefficient (Wildman–Crippen LogP) is 2.92. The summed E-state index contributed by atoms with van der Waals surface area (Å²) in [5, 5.41) is 6.99. The number of benzene rings is 1. The Balaban J connectivity index is 2.03. The van der Waals surface area contributed by atoms with Gasteiger partial charge < -0.3 is 10.6 Å². The molecule has 1 heterocycles. The topological polar surface area (TPSA) is 24.1 Å². The van der Waals surface area contributed by atoms with Gasteiger partial charge in [0.25, 0.3) is 0 Å². The second-order valence-electron chi connectivity index (χ2n) is 4.13. The summed E-state index contributed by atoms with van der Waals surface area (Å²) in [5.74, 6) is 0. The minimum absolute atomic E-state index is 0.631. The molecule has 1 aromatic rings. The van der Waals surface area contributed by atoms with Crippen molar-refractivity contribution in [2.24, 2.45) is 0 Å². The van der Waals surface area contributed by atoms with E-state index in [4.69, 9.17) is 0 Å². The molecule has 1 aromatic carbocycles. The minimum atomic E-state index is 0.631. The Morgan fingerprint density at radius 3 is 2.73 bits per heavy atom. The van der Waals surface area contributed by atoms with Gasteiger partial charge in [0.05, 0.1) is 0 Å². The number of anilines is 1. The van der Waals surface area contributed by atoms with E-state index < -0.39 is 0 Å². The molecule has 2 rings (SSSR count). The maximum absolute atomic E-state index is 3.62. The first-order chi connectivity index (χ1) is 7.25. The number of hydrogen-bond acceptors (Lipinski definition) is 2. The van der Waals surface area contributed by atoms with Crippen LogP contribution in [0.5, 0.6) is 0 Å². The molecule has 2 N–H and O–H groups in total. The standard InChI is InChI=1S/C12H17BrN2/c1-9-8-10(13)2-3-12(9)15-11-4-6-14-7-5-11/h2-3,8,11,14-15H,4-7H2,1H3. The molecule has 0 aromatic heterocycles. The molecule has 0 radical (unpaired) electrons. The molecule has 0 atom stereocenters. The average Bonchev–Trinajstić information content (AvgIpc) is 2.24. The molecule has 0 saturated carbocycles. The molecule has 15 heavy (non-hydrogen) atoms. The van der Waals surface area contributed by atoms with Crippen LogP contribution >= 0.6 is 15.9 Å². The number of rotatable bonds is 2. The molecule has 0 amide bonds. The van der Waals surface area contributed by atoms with Crippen LogP contribution in [-0.4, -0.2) is 19.1 Å². The van der Waals surface area contributed by atoms with Crippen LogP contribution in [0.25, 0.3) is 0 Å². The zero-order chi connectivity index (χ0) is 10.7. The van der Waals surface area contributed by atoms with Gasteiger partial charge in [-0.2, -0.15) is 0 Å². The van der Waals surface area contributed by atoms with Gasteiger partial charge in [0.15, 0.2) is 0 Å². The van der Waals surface area contributed by atoms with E-state index >= 15 is 0 Å². The summed E-state index contributed by atoms with van der Waals surface area (Å²) >= 11 is 3.48. The number of nitrogens with one attached hydrogen (secondary N) is 2. The summed E-state index contributed by atoms with van der Waals surface area (Å²) in [6, 6.07) is 7.03. The van der Waals surface area contributed by atoms with Gasteiger partial charge in [-0.25, -0.2) is 0 Å². The van der Waals surface area contributed by atoms with E-state index in [1.54, 1.807) is 0 Å². The van der Waals surface area contributed by atoms with Crippen LogP contribution in [0, 0.1) is 6.92 Å². The number of hydrogen-bond donors (Lipinski definition) is 2. The van der Waals surface area contributed by atoms with Crippen LogP contribution in [0.4, 0.5) is 5.69 Å². The van der Waals surface area contributed by atoms with Gasteiger partial charge in [-0.05, 0) is 56.6 Å². The highest BCUT2D eigenvalue weighted by atomic mass is 79.9. The molecule has 1 aliphatic heterocycles. The first kappa shape index (κ1) is 11.0. The fraction of sp³-hybridized carbons (Fsp3) is 0.500. The quantitative estimate of drug-likeness (QED) is 0.862. The lowest BCUT2D eigenvalue weighted by Gasteiger charge is -2.25. The van der Waals surface area contributed by atoms with Crippen LogP contribution in [0.2, 0.25) is 0 Å². The normalized spacial score (nSPS) is 17.7. The maximum Gasteiger partial charge on any atom is 0.0372 e. The molecular formula is C12H17BrN2. The molecule has 82 valence electrons. The lowest BCUT2D eigenvalue weighted by Crippen LogP contribution is -2.35. The van der Waals surface area contributed by atoms with E-state index in [0.29, 0.717) is 6.04 Å². The molecule has 2 nitrogen and oxygen atoms in total. The monoisotopic (exact) mass is 268 g/mol. The van der Waals surface area contributed by atoms with Gasteiger partial charge in [0.1, 0.15) is 0 Å². The van der Waals surface area contributed by atoms with Crippen molar-refractivity contribution in [1.29, 1.82) is 0 Å². The van der Waals surface area contributed by atoms with Crippen LogP contribution in [0.3, 0.4) is 0 Å². The number of piperidine rings is 1. The molecule has 0 spiro atoms. The van der Waals surface area contributed by atoms with Gasteiger partial charge in [-0.3, -0.25) is 0 Å². The van der Waals surface area contributed by atoms with Gasteiger partial charge in [0, 0.05) is 16.2 Å². The Labute approximate surface area is 99.6 Å². The highest BCUT2D eigenvalue weighted by Crippen LogP contribution is 2.22. The lowest BCUT2D eigenvalue weighted by molar-refractivity contribution is 0.479. The van der Waals surface area contributed by atoms with Crippen LogP contribution in [0.1, 0.15) is 18.4 Å². The van der Waals surface area contributed by atoms with E-state index in [1.165, 1.54) is 24.1 Å². The van der Waals surface area contributed by atoms with E-state index in [-0.39, 0.29) is 0 Å². The van der Waals surface area contributed by atoms with Crippen molar-refractivity contribution in [3.8, 4) is 0 Å². The fourth-order valence-corrected chi connectivity index (χ4v) is 2.45. The molecule has 0 aliphatic carbocycles. The molecule has 0 unspecified atom stereocenters. The number of halogens is 1. The van der Waals surface area contributed by atoms with Crippen molar-refractivity contribution >= 4 is 21.6 Å². The van der Waals surface area contributed by atoms with E-state index in [9.17, 15) is 0 Å². The second kappa shape index (κ2) is 4.99. The van der Waals surface area contributed by atoms with Crippen molar-refractivity contribution in [2.75, 3.05) is 18.4 Å². The molecular weight excluding hydrogens is 252 g/mol. The zero-order valence-corrected chi connectivity index (χ0v) is 10.6. The summed E-state index contributed by atoms with van der Waals surface area (Å²) in [5.41, 5.74) is 2.58. The van der Waals surface area contributed by atoms with Crippen LogP contribution in [-0.2, 0) is 0 Å². The van der Waals surface area contributed by atoms with Gasteiger partial charge in [-0.1, -0.05) is 15.9 Å². The number of aryl methyl sites for hydroxylation is 1. The van der Waals surface area contributed by atoms with Gasteiger partial charge in [-0.15, -0.1) is 0 Å². The maximum atomic E-state index is 3.62. The lowest BCUT2D eigenvalue weighted by atomic mass is 10.1. The molecule has 0 bridgehead atoms. The average molecular weight is 269 g/mol. The molecule has 3 heteroatoms. The van der Waals surface area contributed by atoms with Crippen molar-refractivity contribution in [3.63, 3.8) is 0 Å². The third kappa shape index (κ3) is 2.95. The Bertz CT molecular complexity index is 332. The summed E-state index contributed by atoms with van der Waals surface area (Å²) in [7, 11) is 0. The van der Waals surface area contributed by atoms with Crippen molar-refractivity contribution < 1.29 is 0 Å². The Hall–Kier alpha value is -0.540. The Kier molecular flexibility index (Phi) is 3.65. The largest absolute Gasteiger partial charge is 0.382 e. The molecule has 1 saturated heterocycles. The fourth-order valence-electron chi connectivity index (χ4n) is 1.98. The predicted molar refractivity (Wildman–Crippen MR) is 68.4 cm³/mol. The zero-order valence-electron chi connectivity index (χ0n) is 9.02. The van der Waals surface area contributed by atoms with Crippen molar-refractivity contribution in [2.45, 2.75) is 25.8 Å². The highest BCUT2D eigenvalue weighted by Gasteiger charge is 2.12. The van der Waals surface area contributed by atoms with E-state index in [0.717, 1.165) is 17.6 Å². The smallest absolute Gasteiger partial charge is 0.0372 e. The first-order valence-corrected chi connectivity index (χ1v) is 6.28. The van der Waals surface area contributed by atoms with E-state index in [2.05, 4.69) is 51.7 Å². The molecule has 1 fully saturated rings. The highest BCUT2D eigenvalue weighted by molar-refractivity contribution is 9.10. The molecule has 1 aliphatic rings.